The van der Waals surface area contributed by atoms with E-state index in [1.807, 2.05) is 19.4 Å². The zero-order chi connectivity index (χ0) is 15.9. The maximum absolute atomic E-state index is 9.56. The number of nitrogens with one attached hydrogen (secondary N) is 1. The molecule has 0 aliphatic rings. The first-order valence-electron chi connectivity index (χ1n) is 7.89. The van der Waals surface area contributed by atoms with Gasteiger partial charge in [-0.1, -0.05) is 20.3 Å². The van der Waals surface area contributed by atoms with Crippen LogP contribution in [0.25, 0.3) is 0 Å². The number of hydrogen-bond donors (Lipinski definition) is 2. The molecule has 5 nitrogen and oxygen atoms in total. The van der Waals surface area contributed by atoms with E-state index in [-0.39, 0.29) is 12.1 Å². The van der Waals surface area contributed by atoms with Crippen molar-refractivity contribution in [2.24, 2.45) is 7.05 Å². The Kier molecular flexibility index (Phi) is 7.35. The van der Waals surface area contributed by atoms with Gasteiger partial charge in [0.15, 0.2) is 0 Å². The van der Waals surface area contributed by atoms with Crippen molar-refractivity contribution >= 4 is 0 Å². The fourth-order valence-corrected chi connectivity index (χ4v) is 2.66. The van der Waals surface area contributed by atoms with Gasteiger partial charge in [-0.15, -0.1) is 0 Å². The molecule has 0 radical (unpaired) electrons. The molecule has 0 amide bonds. The number of aliphatic hydroxyl groups excluding tert-OH is 1. The summed E-state index contributed by atoms with van der Waals surface area (Å²) < 4.78 is 2.06. The predicted octanol–water partition coefficient (Wildman–Crippen LogP) is 1.77. The van der Waals surface area contributed by atoms with Gasteiger partial charge in [0.1, 0.15) is 5.82 Å². The lowest BCUT2D eigenvalue weighted by molar-refractivity contribution is 0.152. The molecule has 1 unspecified atom stereocenters. The molecular formula is C16H32N4O. The van der Waals surface area contributed by atoms with E-state index < -0.39 is 0 Å². The van der Waals surface area contributed by atoms with Crippen molar-refractivity contribution in [3.8, 4) is 0 Å². The molecule has 0 aliphatic heterocycles. The molecule has 0 aromatic carbocycles. The number of aliphatic hydroxyl groups is 1. The molecule has 1 aromatic rings. The molecule has 1 atom stereocenters. The van der Waals surface area contributed by atoms with Crippen LogP contribution in [0.4, 0.5) is 0 Å². The number of rotatable bonds is 10. The summed E-state index contributed by atoms with van der Waals surface area (Å²) in [4.78, 5) is 6.65. The van der Waals surface area contributed by atoms with Crippen LogP contribution in [0.2, 0.25) is 0 Å². The van der Waals surface area contributed by atoms with E-state index in [4.69, 9.17) is 0 Å². The summed E-state index contributed by atoms with van der Waals surface area (Å²) in [5.74, 6) is 1.10. The summed E-state index contributed by atoms with van der Waals surface area (Å²) in [5, 5.41) is 13.0. The van der Waals surface area contributed by atoms with Gasteiger partial charge in [0.05, 0.1) is 13.2 Å². The Labute approximate surface area is 129 Å². The summed E-state index contributed by atoms with van der Waals surface area (Å²) in [7, 11) is 4.16. The molecular weight excluding hydrogens is 264 g/mol. The number of nitrogens with zero attached hydrogens (tertiary/aromatic N) is 3. The second-order valence-corrected chi connectivity index (χ2v) is 6.67. The zero-order valence-corrected chi connectivity index (χ0v) is 14.3. The van der Waals surface area contributed by atoms with Gasteiger partial charge in [-0.2, -0.15) is 0 Å². The second kappa shape index (κ2) is 8.51. The van der Waals surface area contributed by atoms with Crippen molar-refractivity contribution in [3.05, 3.63) is 18.2 Å². The van der Waals surface area contributed by atoms with Crippen LogP contribution < -0.4 is 5.32 Å². The summed E-state index contributed by atoms with van der Waals surface area (Å²) in [6, 6.07) is 0.397. The average Bonchev–Trinajstić information content (AvgIpc) is 2.80. The highest BCUT2D eigenvalue weighted by atomic mass is 16.3. The van der Waals surface area contributed by atoms with E-state index in [1.54, 1.807) is 0 Å². The molecule has 122 valence electrons. The van der Waals surface area contributed by atoms with Crippen LogP contribution in [0.15, 0.2) is 12.4 Å². The number of imidazole rings is 1. The van der Waals surface area contributed by atoms with Crippen molar-refractivity contribution in [1.29, 1.82) is 0 Å². The van der Waals surface area contributed by atoms with E-state index in [1.165, 1.54) is 0 Å². The lowest BCUT2D eigenvalue weighted by Gasteiger charge is -2.31. The first-order chi connectivity index (χ1) is 9.86. The van der Waals surface area contributed by atoms with Crippen LogP contribution in [0.3, 0.4) is 0 Å². The van der Waals surface area contributed by atoms with Crippen LogP contribution in [0, 0.1) is 0 Å². The summed E-state index contributed by atoms with van der Waals surface area (Å²) >= 11 is 0. The second-order valence-electron chi connectivity index (χ2n) is 6.67. The molecule has 0 bridgehead atoms. The van der Waals surface area contributed by atoms with E-state index in [0.29, 0.717) is 6.04 Å². The van der Waals surface area contributed by atoms with Gasteiger partial charge in [-0.3, -0.25) is 4.90 Å². The largest absolute Gasteiger partial charge is 0.394 e. The van der Waals surface area contributed by atoms with Crippen molar-refractivity contribution < 1.29 is 5.11 Å². The Bertz CT molecular complexity index is 405. The van der Waals surface area contributed by atoms with Crippen LogP contribution in [0.5, 0.6) is 0 Å². The highest BCUT2D eigenvalue weighted by Crippen LogP contribution is 2.14. The molecule has 0 saturated carbocycles. The molecule has 1 heterocycles. The lowest BCUT2D eigenvalue weighted by atomic mass is 9.95. The first kappa shape index (κ1) is 18.1. The topological polar surface area (TPSA) is 53.3 Å². The average molecular weight is 296 g/mol. The van der Waals surface area contributed by atoms with Crippen molar-refractivity contribution in [1.82, 2.24) is 19.8 Å². The molecule has 21 heavy (non-hydrogen) atoms. The van der Waals surface area contributed by atoms with Gasteiger partial charge in [-0.25, -0.2) is 4.98 Å². The molecule has 5 heteroatoms. The summed E-state index contributed by atoms with van der Waals surface area (Å²) in [6.07, 6.45) is 7.07. The van der Waals surface area contributed by atoms with Gasteiger partial charge in [-0.05, 0) is 33.4 Å². The van der Waals surface area contributed by atoms with Crippen molar-refractivity contribution in [2.45, 2.75) is 58.2 Å². The normalized spacial score (nSPS) is 14.9. The number of aryl methyl sites for hydroxylation is 1. The molecule has 1 aromatic heterocycles. The maximum Gasteiger partial charge on any atom is 0.122 e. The summed E-state index contributed by atoms with van der Waals surface area (Å²) in [6.45, 7) is 8.46. The fraction of sp³-hybridized carbons (Fsp3) is 0.812. The quantitative estimate of drug-likeness (QED) is 0.646. The Morgan fingerprint density at radius 3 is 2.67 bits per heavy atom. The smallest absolute Gasteiger partial charge is 0.122 e. The monoisotopic (exact) mass is 296 g/mol. The van der Waals surface area contributed by atoms with Gasteiger partial charge in [0.2, 0.25) is 0 Å². The third kappa shape index (κ3) is 6.59. The Morgan fingerprint density at radius 1 is 1.43 bits per heavy atom. The number of hydrogen-bond acceptors (Lipinski definition) is 4. The number of unbranched alkanes of at least 4 members (excludes halogenated alkanes) is 1. The van der Waals surface area contributed by atoms with Crippen LogP contribution in [0.1, 0.15) is 45.9 Å². The standard InChI is InChI=1S/C16H32N4O/c1-14(2)18-16(3,13-21)8-6-7-10-19(4)12-15-17-9-11-20(15)5/h9,11,14,18,21H,6-8,10,12-13H2,1-5H3. The highest BCUT2D eigenvalue weighted by molar-refractivity contribution is 4.90. The lowest BCUT2D eigenvalue weighted by Crippen LogP contribution is -2.49. The van der Waals surface area contributed by atoms with Gasteiger partial charge < -0.3 is 15.0 Å². The van der Waals surface area contributed by atoms with E-state index >= 15 is 0 Å². The minimum atomic E-state index is -0.160. The third-order valence-electron chi connectivity index (χ3n) is 3.84. The Balaban J connectivity index is 2.25. The fourth-order valence-electron chi connectivity index (χ4n) is 2.66. The predicted molar refractivity (Wildman–Crippen MR) is 87.2 cm³/mol. The van der Waals surface area contributed by atoms with Crippen LogP contribution >= 0.6 is 0 Å². The Hall–Kier alpha value is -0.910. The van der Waals surface area contributed by atoms with Crippen LogP contribution in [-0.2, 0) is 13.6 Å². The van der Waals surface area contributed by atoms with Gasteiger partial charge in [0.25, 0.3) is 0 Å². The molecule has 0 spiro atoms. The minimum Gasteiger partial charge on any atom is -0.394 e. The van der Waals surface area contributed by atoms with E-state index in [2.05, 4.69) is 47.6 Å². The van der Waals surface area contributed by atoms with Gasteiger partial charge >= 0.3 is 0 Å². The maximum atomic E-state index is 9.56. The molecule has 0 aliphatic carbocycles. The molecule has 0 saturated heterocycles. The van der Waals surface area contributed by atoms with E-state index in [0.717, 1.165) is 38.2 Å². The molecule has 1 rings (SSSR count). The SMILES string of the molecule is CC(C)NC(C)(CO)CCCCN(C)Cc1nccn1C. The van der Waals surface area contributed by atoms with E-state index in [9.17, 15) is 5.11 Å². The zero-order valence-electron chi connectivity index (χ0n) is 14.3. The third-order valence-corrected chi connectivity index (χ3v) is 3.84. The van der Waals surface area contributed by atoms with Crippen molar-refractivity contribution in [3.63, 3.8) is 0 Å². The van der Waals surface area contributed by atoms with Crippen LogP contribution in [-0.4, -0.2) is 51.3 Å². The summed E-state index contributed by atoms with van der Waals surface area (Å²) in [5.41, 5.74) is -0.160. The number of aromatic nitrogens is 2. The first-order valence-corrected chi connectivity index (χ1v) is 7.89. The van der Waals surface area contributed by atoms with Gasteiger partial charge in [0, 0.05) is 31.0 Å². The minimum absolute atomic E-state index is 0.160. The van der Waals surface area contributed by atoms with Crippen molar-refractivity contribution in [2.75, 3.05) is 20.2 Å². The Morgan fingerprint density at radius 2 is 2.14 bits per heavy atom. The highest BCUT2D eigenvalue weighted by Gasteiger charge is 2.23. The molecule has 2 N–H and O–H groups in total. The molecule has 0 fully saturated rings.